The summed E-state index contributed by atoms with van der Waals surface area (Å²) in [6, 6.07) is 4.76. The van der Waals surface area contributed by atoms with Crippen molar-refractivity contribution in [1.29, 1.82) is 0 Å². The van der Waals surface area contributed by atoms with Crippen LogP contribution in [-0.4, -0.2) is 23.2 Å². The first-order valence-corrected chi connectivity index (χ1v) is 6.44. The summed E-state index contributed by atoms with van der Waals surface area (Å²) in [7, 11) is 0. The SMILES string of the molecule is Nc1ccc(C(=O)NCC2(O)CCCC2)c(Cl)c1. The summed E-state index contributed by atoms with van der Waals surface area (Å²) < 4.78 is 0. The molecule has 1 amide bonds. The van der Waals surface area contributed by atoms with Gasteiger partial charge in [0.25, 0.3) is 5.91 Å². The molecule has 0 radical (unpaired) electrons. The Morgan fingerprint density at radius 1 is 1.44 bits per heavy atom. The Kier molecular flexibility index (Phi) is 3.78. The fraction of sp³-hybridized carbons (Fsp3) is 0.462. The summed E-state index contributed by atoms with van der Waals surface area (Å²) in [6.07, 6.45) is 3.50. The molecular formula is C13H17ClN2O2. The number of hydrogen-bond donors (Lipinski definition) is 3. The molecule has 98 valence electrons. The molecule has 0 unspecified atom stereocenters. The number of amides is 1. The van der Waals surface area contributed by atoms with Gasteiger partial charge in [-0.15, -0.1) is 0 Å². The van der Waals surface area contributed by atoms with Gasteiger partial charge in [0.15, 0.2) is 0 Å². The molecular weight excluding hydrogens is 252 g/mol. The summed E-state index contributed by atoms with van der Waals surface area (Å²) >= 11 is 5.95. The van der Waals surface area contributed by atoms with Crippen molar-refractivity contribution in [2.75, 3.05) is 12.3 Å². The number of halogens is 1. The molecule has 1 aliphatic carbocycles. The Morgan fingerprint density at radius 2 is 2.11 bits per heavy atom. The zero-order chi connectivity index (χ0) is 13.2. The first-order valence-electron chi connectivity index (χ1n) is 6.06. The molecule has 4 nitrogen and oxygen atoms in total. The van der Waals surface area contributed by atoms with Crippen LogP contribution < -0.4 is 11.1 Å². The fourth-order valence-electron chi connectivity index (χ4n) is 2.27. The van der Waals surface area contributed by atoms with Gasteiger partial charge in [-0.3, -0.25) is 4.79 Å². The third-order valence-electron chi connectivity index (χ3n) is 3.35. The number of carbonyl (C=O) groups excluding carboxylic acids is 1. The summed E-state index contributed by atoms with van der Waals surface area (Å²) in [5.74, 6) is -0.277. The van der Waals surface area contributed by atoms with Crippen LogP contribution in [0.1, 0.15) is 36.0 Å². The van der Waals surface area contributed by atoms with Crippen molar-refractivity contribution in [3.8, 4) is 0 Å². The Morgan fingerprint density at radius 3 is 2.72 bits per heavy atom. The average molecular weight is 269 g/mol. The molecule has 1 aromatic rings. The van der Waals surface area contributed by atoms with E-state index in [9.17, 15) is 9.90 Å². The van der Waals surface area contributed by atoms with E-state index in [2.05, 4.69) is 5.32 Å². The van der Waals surface area contributed by atoms with Crippen LogP contribution in [0.4, 0.5) is 5.69 Å². The van der Waals surface area contributed by atoms with Crippen LogP contribution in [-0.2, 0) is 0 Å². The predicted molar refractivity (Wildman–Crippen MR) is 71.6 cm³/mol. The van der Waals surface area contributed by atoms with E-state index in [1.807, 2.05) is 0 Å². The Hall–Kier alpha value is -1.26. The second-order valence-electron chi connectivity index (χ2n) is 4.85. The first-order chi connectivity index (χ1) is 8.50. The topological polar surface area (TPSA) is 75.4 Å². The van der Waals surface area contributed by atoms with E-state index < -0.39 is 5.60 Å². The van der Waals surface area contributed by atoms with Gasteiger partial charge in [-0.1, -0.05) is 24.4 Å². The number of benzene rings is 1. The number of carbonyl (C=O) groups is 1. The lowest BCUT2D eigenvalue weighted by molar-refractivity contribution is 0.0449. The lowest BCUT2D eigenvalue weighted by Crippen LogP contribution is -2.40. The van der Waals surface area contributed by atoms with Crippen molar-refractivity contribution in [3.63, 3.8) is 0 Å². The second-order valence-corrected chi connectivity index (χ2v) is 5.26. The van der Waals surface area contributed by atoms with Gasteiger partial charge in [0.05, 0.1) is 16.2 Å². The van der Waals surface area contributed by atoms with Gasteiger partial charge in [0.1, 0.15) is 0 Å². The highest BCUT2D eigenvalue weighted by Gasteiger charge is 2.31. The van der Waals surface area contributed by atoms with Gasteiger partial charge < -0.3 is 16.2 Å². The van der Waals surface area contributed by atoms with Gasteiger partial charge in [-0.25, -0.2) is 0 Å². The van der Waals surface area contributed by atoms with Gasteiger partial charge in [-0.05, 0) is 31.0 Å². The third-order valence-corrected chi connectivity index (χ3v) is 3.66. The molecule has 4 N–H and O–H groups in total. The molecule has 0 saturated heterocycles. The van der Waals surface area contributed by atoms with Crippen LogP contribution in [0, 0.1) is 0 Å². The van der Waals surface area contributed by atoms with Crippen LogP contribution in [0.3, 0.4) is 0 Å². The monoisotopic (exact) mass is 268 g/mol. The second kappa shape index (κ2) is 5.16. The van der Waals surface area contributed by atoms with Crippen LogP contribution in [0.5, 0.6) is 0 Å². The number of hydrogen-bond acceptors (Lipinski definition) is 3. The quantitative estimate of drug-likeness (QED) is 0.734. The third kappa shape index (κ3) is 2.94. The fourth-order valence-corrected chi connectivity index (χ4v) is 2.54. The van der Waals surface area contributed by atoms with E-state index in [0.29, 0.717) is 16.3 Å². The van der Waals surface area contributed by atoms with Crippen molar-refractivity contribution in [2.24, 2.45) is 0 Å². The molecule has 0 heterocycles. The van der Waals surface area contributed by atoms with Crippen molar-refractivity contribution in [3.05, 3.63) is 28.8 Å². The van der Waals surface area contributed by atoms with Crippen molar-refractivity contribution >= 4 is 23.2 Å². The molecule has 1 fully saturated rings. The number of nitrogens with two attached hydrogens (primary N) is 1. The molecule has 1 aliphatic rings. The van der Waals surface area contributed by atoms with Gasteiger partial charge >= 0.3 is 0 Å². The molecule has 18 heavy (non-hydrogen) atoms. The maximum Gasteiger partial charge on any atom is 0.252 e. The van der Waals surface area contributed by atoms with Crippen molar-refractivity contribution < 1.29 is 9.90 Å². The lowest BCUT2D eigenvalue weighted by Gasteiger charge is -2.22. The summed E-state index contributed by atoms with van der Waals surface area (Å²) in [5, 5.41) is 13.2. The molecule has 0 atom stereocenters. The smallest absolute Gasteiger partial charge is 0.252 e. The summed E-state index contributed by atoms with van der Waals surface area (Å²) in [6.45, 7) is 0.270. The molecule has 1 saturated carbocycles. The van der Waals surface area contributed by atoms with E-state index >= 15 is 0 Å². The molecule has 1 aromatic carbocycles. The first kappa shape index (κ1) is 13.2. The molecule has 2 rings (SSSR count). The predicted octanol–water partition coefficient (Wildman–Crippen LogP) is 1.96. The maximum atomic E-state index is 11.9. The standard InChI is InChI=1S/C13H17ClN2O2/c14-11-7-9(15)3-4-10(11)12(17)16-8-13(18)5-1-2-6-13/h3-4,7,18H,1-2,5-6,8,15H2,(H,16,17). The molecule has 0 bridgehead atoms. The van der Waals surface area contributed by atoms with E-state index in [1.165, 1.54) is 0 Å². The Bertz CT molecular complexity index is 456. The number of aliphatic hydroxyl groups is 1. The Balaban J connectivity index is 1.99. The number of anilines is 1. The highest BCUT2D eigenvalue weighted by Crippen LogP contribution is 2.28. The van der Waals surface area contributed by atoms with E-state index in [1.54, 1.807) is 18.2 Å². The minimum atomic E-state index is -0.754. The summed E-state index contributed by atoms with van der Waals surface area (Å²) in [4.78, 5) is 11.9. The molecule has 5 heteroatoms. The van der Waals surface area contributed by atoms with Gasteiger partial charge in [-0.2, -0.15) is 0 Å². The summed E-state index contributed by atoms with van der Waals surface area (Å²) in [5.41, 5.74) is 5.71. The lowest BCUT2D eigenvalue weighted by atomic mass is 10.0. The highest BCUT2D eigenvalue weighted by molar-refractivity contribution is 6.34. The van der Waals surface area contributed by atoms with E-state index in [0.717, 1.165) is 25.7 Å². The highest BCUT2D eigenvalue weighted by atomic mass is 35.5. The Labute approximate surface area is 111 Å². The largest absolute Gasteiger partial charge is 0.399 e. The minimum absolute atomic E-state index is 0.270. The van der Waals surface area contributed by atoms with Crippen LogP contribution in [0.2, 0.25) is 5.02 Å². The van der Waals surface area contributed by atoms with E-state index in [4.69, 9.17) is 17.3 Å². The van der Waals surface area contributed by atoms with Crippen LogP contribution in [0.25, 0.3) is 0 Å². The van der Waals surface area contributed by atoms with Gasteiger partial charge in [0, 0.05) is 12.2 Å². The maximum absolute atomic E-state index is 11.9. The van der Waals surface area contributed by atoms with Gasteiger partial charge in [0.2, 0.25) is 0 Å². The van der Waals surface area contributed by atoms with Crippen molar-refractivity contribution in [1.82, 2.24) is 5.32 Å². The minimum Gasteiger partial charge on any atom is -0.399 e. The van der Waals surface area contributed by atoms with Crippen LogP contribution in [0.15, 0.2) is 18.2 Å². The zero-order valence-corrected chi connectivity index (χ0v) is 10.8. The van der Waals surface area contributed by atoms with E-state index in [-0.39, 0.29) is 12.5 Å². The number of nitrogens with one attached hydrogen (secondary N) is 1. The van der Waals surface area contributed by atoms with Crippen molar-refractivity contribution in [2.45, 2.75) is 31.3 Å². The zero-order valence-electron chi connectivity index (χ0n) is 10.1. The average Bonchev–Trinajstić information content (AvgIpc) is 2.74. The van der Waals surface area contributed by atoms with Crippen LogP contribution >= 0.6 is 11.6 Å². The molecule has 0 aliphatic heterocycles. The number of nitrogen functional groups attached to an aromatic ring is 1. The normalized spacial score (nSPS) is 17.7. The molecule has 0 aromatic heterocycles. The molecule has 0 spiro atoms. The number of rotatable bonds is 3.